The fourth-order valence-electron chi connectivity index (χ4n) is 3.11. The molecular weight excluding hydrogens is 281 g/mol. The molecule has 2 aliphatic heterocycles. The van der Waals surface area contributed by atoms with Crippen LogP contribution in [0.1, 0.15) is 52.9 Å². The first-order valence-electron chi connectivity index (χ1n) is 7.07. The first-order valence-corrected chi connectivity index (χ1v) is 7.07. The third kappa shape index (κ3) is 2.21. The van der Waals surface area contributed by atoms with E-state index in [1.54, 1.807) is 11.0 Å². The number of carbonyl (C=O) groups excluding carboxylic acids is 1. The van der Waals surface area contributed by atoms with Gasteiger partial charge in [-0.1, -0.05) is 19.9 Å². The second-order valence-electron chi connectivity index (χ2n) is 5.90. The SMILES string of the molecule is CC(C)c1cc2c(c(C(F)(F)F)c1)C(=O)N1CCNCC21. The molecule has 0 spiro atoms. The van der Waals surface area contributed by atoms with Crippen molar-refractivity contribution in [2.45, 2.75) is 32.0 Å². The van der Waals surface area contributed by atoms with Crippen LogP contribution in [0.15, 0.2) is 12.1 Å². The minimum atomic E-state index is -4.51. The van der Waals surface area contributed by atoms with Gasteiger partial charge in [-0.3, -0.25) is 4.79 Å². The van der Waals surface area contributed by atoms with Crippen LogP contribution in [0.25, 0.3) is 0 Å². The summed E-state index contributed by atoms with van der Waals surface area (Å²) in [4.78, 5) is 13.9. The molecule has 3 rings (SSSR count). The molecule has 0 aliphatic carbocycles. The van der Waals surface area contributed by atoms with E-state index in [2.05, 4.69) is 5.32 Å². The van der Waals surface area contributed by atoms with Gasteiger partial charge < -0.3 is 10.2 Å². The number of fused-ring (bicyclic) bond motifs is 3. The Labute approximate surface area is 121 Å². The molecule has 1 aromatic rings. The van der Waals surface area contributed by atoms with Gasteiger partial charge in [0.1, 0.15) is 0 Å². The maximum atomic E-state index is 13.4. The summed E-state index contributed by atoms with van der Waals surface area (Å²) in [6.07, 6.45) is -4.51. The van der Waals surface area contributed by atoms with Crippen molar-refractivity contribution >= 4 is 5.91 Å². The summed E-state index contributed by atoms with van der Waals surface area (Å²) in [5.74, 6) is -0.503. The zero-order chi connectivity index (χ0) is 15.4. The Morgan fingerprint density at radius 2 is 2.05 bits per heavy atom. The quantitative estimate of drug-likeness (QED) is 0.864. The fraction of sp³-hybridized carbons (Fsp3) is 0.533. The van der Waals surface area contributed by atoms with Gasteiger partial charge in [0.05, 0.1) is 17.2 Å². The van der Waals surface area contributed by atoms with Crippen molar-refractivity contribution in [2.24, 2.45) is 0 Å². The second-order valence-corrected chi connectivity index (χ2v) is 5.90. The van der Waals surface area contributed by atoms with Gasteiger partial charge in [0.2, 0.25) is 0 Å². The van der Waals surface area contributed by atoms with Crippen molar-refractivity contribution < 1.29 is 18.0 Å². The summed E-state index contributed by atoms with van der Waals surface area (Å²) >= 11 is 0. The highest BCUT2D eigenvalue weighted by Crippen LogP contribution is 2.43. The minimum Gasteiger partial charge on any atom is -0.329 e. The third-order valence-corrected chi connectivity index (χ3v) is 4.24. The lowest BCUT2D eigenvalue weighted by molar-refractivity contribution is -0.138. The number of nitrogens with zero attached hydrogens (tertiary/aromatic N) is 1. The van der Waals surface area contributed by atoms with Gasteiger partial charge in [-0.25, -0.2) is 0 Å². The molecule has 0 aromatic heterocycles. The zero-order valence-electron chi connectivity index (χ0n) is 11.9. The molecule has 0 saturated carbocycles. The number of piperazine rings is 1. The number of hydrogen-bond donors (Lipinski definition) is 1. The van der Waals surface area contributed by atoms with Crippen molar-refractivity contribution in [1.82, 2.24) is 10.2 Å². The van der Waals surface area contributed by atoms with Crippen LogP contribution in [0.4, 0.5) is 13.2 Å². The van der Waals surface area contributed by atoms with Crippen LogP contribution in [0.3, 0.4) is 0 Å². The lowest BCUT2D eigenvalue weighted by Gasteiger charge is -2.30. The average molecular weight is 298 g/mol. The van der Waals surface area contributed by atoms with Crippen LogP contribution < -0.4 is 5.32 Å². The monoisotopic (exact) mass is 298 g/mol. The number of rotatable bonds is 1. The molecule has 6 heteroatoms. The van der Waals surface area contributed by atoms with Gasteiger partial charge in [0.25, 0.3) is 5.91 Å². The predicted octanol–water partition coefficient (Wildman–Crippen LogP) is 2.93. The van der Waals surface area contributed by atoms with Crippen molar-refractivity contribution in [2.75, 3.05) is 19.6 Å². The molecule has 21 heavy (non-hydrogen) atoms. The Kier molecular flexibility index (Phi) is 3.24. The topological polar surface area (TPSA) is 32.3 Å². The first-order chi connectivity index (χ1) is 9.80. The smallest absolute Gasteiger partial charge is 0.329 e. The highest BCUT2D eigenvalue weighted by molar-refractivity contribution is 6.01. The van der Waals surface area contributed by atoms with Crippen molar-refractivity contribution in [3.8, 4) is 0 Å². The second kappa shape index (κ2) is 4.73. The van der Waals surface area contributed by atoms with Gasteiger partial charge in [-0.15, -0.1) is 0 Å². The number of amides is 1. The van der Waals surface area contributed by atoms with E-state index in [-0.39, 0.29) is 17.5 Å². The van der Waals surface area contributed by atoms with Crippen LogP contribution in [0.2, 0.25) is 0 Å². The molecule has 1 amide bonds. The lowest BCUT2D eigenvalue weighted by atomic mass is 9.91. The number of nitrogens with one attached hydrogen (secondary N) is 1. The molecule has 1 fully saturated rings. The van der Waals surface area contributed by atoms with Crippen molar-refractivity contribution in [3.63, 3.8) is 0 Å². The molecule has 114 valence electrons. The number of carbonyl (C=O) groups is 1. The Morgan fingerprint density at radius 3 is 2.67 bits per heavy atom. The predicted molar refractivity (Wildman–Crippen MR) is 72.2 cm³/mol. The van der Waals surface area contributed by atoms with Crippen molar-refractivity contribution in [1.29, 1.82) is 0 Å². The molecule has 1 unspecified atom stereocenters. The van der Waals surface area contributed by atoms with E-state index < -0.39 is 17.6 Å². The van der Waals surface area contributed by atoms with Crippen LogP contribution in [-0.2, 0) is 6.18 Å². The van der Waals surface area contributed by atoms with Gasteiger partial charge in [0, 0.05) is 19.6 Å². The summed E-state index contributed by atoms with van der Waals surface area (Å²) in [5, 5.41) is 3.15. The number of alkyl halides is 3. The van der Waals surface area contributed by atoms with Gasteiger partial charge >= 0.3 is 6.18 Å². The van der Waals surface area contributed by atoms with Gasteiger partial charge in [-0.05, 0) is 23.1 Å². The van der Waals surface area contributed by atoms with E-state index in [4.69, 9.17) is 0 Å². The molecule has 1 saturated heterocycles. The number of benzene rings is 1. The molecule has 1 N–H and O–H groups in total. The summed E-state index contributed by atoms with van der Waals surface area (Å²) in [6, 6.07) is 2.62. The Morgan fingerprint density at radius 1 is 1.33 bits per heavy atom. The summed E-state index contributed by atoms with van der Waals surface area (Å²) in [5.41, 5.74) is 0.204. The van der Waals surface area contributed by atoms with Crippen LogP contribution >= 0.6 is 0 Å². The van der Waals surface area contributed by atoms with Crippen molar-refractivity contribution in [3.05, 3.63) is 34.4 Å². The summed E-state index contributed by atoms with van der Waals surface area (Å²) in [6.45, 7) is 5.30. The van der Waals surface area contributed by atoms with E-state index in [0.29, 0.717) is 30.8 Å². The Hall–Kier alpha value is -1.56. The standard InChI is InChI=1S/C15H17F3N2O/c1-8(2)9-5-10-12-7-19-3-4-20(12)14(21)13(10)11(6-9)15(16,17)18/h5-6,8,12,19H,3-4,7H2,1-2H3. The normalized spacial score (nSPS) is 21.7. The van der Waals surface area contributed by atoms with E-state index in [9.17, 15) is 18.0 Å². The highest BCUT2D eigenvalue weighted by atomic mass is 19.4. The number of halogens is 3. The molecule has 2 heterocycles. The van der Waals surface area contributed by atoms with Gasteiger partial charge in [-0.2, -0.15) is 13.2 Å². The first kappa shape index (κ1) is 14.4. The molecule has 0 radical (unpaired) electrons. The molecular formula is C15H17F3N2O. The average Bonchev–Trinajstić information content (AvgIpc) is 2.71. The lowest BCUT2D eigenvalue weighted by Crippen LogP contribution is -2.44. The third-order valence-electron chi connectivity index (χ3n) is 4.24. The maximum absolute atomic E-state index is 13.4. The number of hydrogen-bond acceptors (Lipinski definition) is 2. The van der Waals surface area contributed by atoms with Crippen LogP contribution in [-0.4, -0.2) is 30.4 Å². The Bertz CT molecular complexity index is 595. The molecule has 2 aliphatic rings. The Balaban J connectivity index is 2.22. The van der Waals surface area contributed by atoms with E-state index >= 15 is 0 Å². The molecule has 1 atom stereocenters. The molecule has 3 nitrogen and oxygen atoms in total. The van der Waals surface area contributed by atoms with Crippen LogP contribution in [0, 0.1) is 0 Å². The molecule has 1 aromatic carbocycles. The fourth-order valence-corrected chi connectivity index (χ4v) is 3.11. The largest absolute Gasteiger partial charge is 0.417 e. The maximum Gasteiger partial charge on any atom is 0.417 e. The van der Waals surface area contributed by atoms with E-state index in [1.165, 1.54) is 0 Å². The summed E-state index contributed by atoms with van der Waals surface area (Å²) < 4.78 is 40.1. The summed E-state index contributed by atoms with van der Waals surface area (Å²) in [7, 11) is 0. The van der Waals surface area contributed by atoms with Crippen LogP contribution in [0.5, 0.6) is 0 Å². The minimum absolute atomic E-state index is 0.0166. The van der Waals surface area contributed by atoms with E-state index in [1.807, 2.05) is 13.8 Å². The van der Waals surface area contributed by atoms with Gasteiger partial charge in [0.15, 0.2) is 0 Å². The molecule has 0 bridgehead atoms. The zero-order valence-corrected chi connectivity index (χ0v) is 11.9. The van der Waals surface area contributed by atoms with E-state index in [0.717, 1.165) is 6.07 Å². The highest BCUT2D eigenvalue weighted by Gasteiger charge is 2.45.